The summed E-state index contributed by atoms with van der Waals surface area (Å²) in [4.78, 5) is 15.3. The van der Waals surface area contributed by atoms with Gasteiger partial charge in [-0.25, -0.2) is 4.98 Å². The van der Waals surface area contributed by atoms with Crippen molar-refractivity contribution in [2.75, 3.05) is 39.8 Å². The van der Waals surface area contributed by atoms with Gasteiger partial charge in [-0.05, 0) is 55.6 Å². The van der Waals surface area contributed by atoms with Crippen LogP contribution in [-0.2, 0) is 6.54 Å². The molecule has 0 bridgehead atoms. The summed E-state index contributed by atoms with van der Waals surface area (Å²) < 4.78 is 2.26. The van der Waals surface area contributed by atoms with Crippen molar-refractivity contribution in [3.63, 3.8) is 0 Å². The number of aromatic nitrogens is 2. The summed E-state index contributed by atoms with van der Waals surface area (Å²) in [6, 6.07) is 4.87. The summed E-state index contributed by atoms with van der Waals surface area (Å²) in [5, 5.41) is 5.86. The molecule has 2 unspecified atom stereocenters. The first-order valence-corrected chi connectivity index (χ1v) is 11.8. The molecule has 2 aliphatic heterocycles. The lowest BCUT2D eigenvalue weighted by Crippen LogP contribution is -2.50. The van der Waals surface area contributed by atoms with E-state index in [9.17, 15) is 0 Å². The SMILES string of the molecule is CN=C(NCC1CCN(Cc2cccs2)CC1)N1CCC(C)C(n2ccnc2)C1. The molecule has 6 nitrogen and oxygen atoms in total. The quantitative estimate of drug-likeness (QED) is 0.602. The molecule has 29 heavy (non-hydrogen) atoms. The Bertz CT molecular complexity index is 748. The molecule has 4 heterocycles. The molecule has 0 radical (unpaired) electrons. The van der Waals surface area contributed by atoms with Crippen LogP contribution in [0.3, 0.4) is 0 Å². The van der Waals surface area contributed by atoms with Crippen LogP contribution in [0.5, 0.6) is 0 Å². The minimum absolute atomic E-state index is 0.463. The average molecular weight is 415 g/mol. The second-order valence-electron chi connectivity index (χ2n) is 8.52. The predicted molar refractivity (Wildman–Crippen MR) is 120 cm³/mol. The van der Waals surface area contributed by atoms with Gasteiger partial charge < -0.3 is 14.8 Å². The summed E-state index contributed by atoms with van der Waals surface area (Å²) in [6.07, 6.45) is 9.64. The maximum Gasteiger partial charge on any atom is 0.193 e. The van der Waals surface area contributed by atoms with Crippen molar-refractivity contribution in [2.45, 2.75) is 38.8 Å². The summed E-state index contributed by atoms with van der Waals surface area (Å²) in [5.41, 5.74) is 0. The number of guanidine groups is 1. The third kappa shape index (κ3) is 5.20. The van der Waals surface area contributed by atoms with Crippen molar-refractivity contribution in [3.8, 4) is 0 Å². The Kier molecular flexibility index (Phi) is 6.87. The highest BCUT2D eigenvalue weighted by Crippen LogP contribution is 2.27. The van der Waals surface area contributed by atoms with Crippen LogP contribution < -0.4 is 5.32 Å². The lowest BCUT2D eigenvalue weighted by Gasteiger charge is -2.39. The fourth-order valence-electron chi connectivity index (χ4n) is 4.63. The maximum absolute atomic E-state index is 4.60. The fraction of sp³-hybridized carbons (Fsp3) is 0.636. The highest BCUT2D eigenvalue weighted by Gasteiger charge is 2.29. The van der Waals surface area contributed by atoms with E-state index in [1.165, 1.54) is 37.2 Å². The van der Waals surface area contributed by atoms with Gasteiger partial charge in [0, 0.05) is 50.5 Å². The molecule has 0 saturated carbocycles. The number of piperidine rings is 2. The van der Waals surface area contributed by atoms with Crippen LogP contribution in [0.15, 0.2) is 41.2 Å². The van der Waals surface area contributed by atoms with Crippen LogP contribution in [0.4, 0.5) is 0 Å². The summed E-state index contributed by atoms with van der Waals surface area (Å²) in [7, 11) is 1.91. The Morgan fingerprint density at radius 2 is 2.14 bits per heavy atom. The molecule has 4 rings (SSSR count). The molecule has 2 fully saturated rings. The van der Waals surface area contributed by atoms with Crippen LogP contribution in [0.2, 0.25) is 0 Å². The van der Waals surface area contributed by atoms with E-state index in [1.54, 1.807) is 0 Å². The Balaban J connectivity index is 1.24. The van der Waals surface area contributed by atoms with Gasteiger partial charge in [0.1, 0.15) is 0 Å². The molecular formula is C22H34N6S. The Labute approximate surface area is 178 Å². The normalized spacial score (nSPS) is 24.8. The molecule has 0 aromatic carbocycles. The van der Waals surface area contributed by atoms with E-state index in [-0.39, 0.29) is 0 Å². The molecule has 2 aliphatic rings. The summed E-state index contributed by atoms with van der Waals surface area (Å²) in [6.45, 7) is 8.96. The van der Waals surface area contributed by atoms with E-state index in [0.717, 1.165) is 38.1 Å². The lowest BCUT2D eigenvalue weighted by atomic mass is 9.93. The van der Waals surface area contributed by atoms with Gasteiger partial charge in [-0.1, -0.05) is 13.0 Å². The van der Waals surface area contributed by atoms with Crippen molar-refractivity contribution in [3.05, 3.63) is 41.1 Å². The molecule has 2 saturated heterocycles. The monoisotopic (exact) mass is 414 g/mol. The van der Waals surface area contributed by atoms with Gasteiger partial charge in [0.25, 0.3) is 0 Å². The zero-order valence-corrected chi connectivity index (χ0v) is 18.5. The summed E-state index contributed by atoms with van der Waals surface area (Å²) >= 11 is 1.87. The van der Waals surface area contributed by atoms with Crippen molar-refractivity contribution in [1.82, 2.24) is 24.7 Å². The van der Waals surface area contributed by atoms with Crippen LogP contribution in [-0.4, -0.2) is 65.1 Å². The van der Waals surface area contributed by atoms with E-state index in [4.69, 9.17) is 0 Å². The third-order valence-electron chi connectivity index (χ3n) is 6.55. The molecule has 0 amide bonds. The van der Waals surface area contributed by atoms with E-state index >= 15 is 0 Å². The molecular weight excluding hydrogens is 380 g/mol. The smallest absolute Gasteiger partial charge is 0.193 e. The second kappa shape index (κ2) is 9.76. The van der Waals surface area contributed by atoms with Crippen molar-refractivity contribution in [2.24, 2.45) is 16.8 Å². The number of nitrogens with one attached hydrogen (secondary N) is 1. The third-order valence-corrected chi connectivity index (χ3v) is 7.41. The van der Waals surface area contributed by atoms with Crippen LogP contribution in [0.25, 0.3) is 0 Å². The number of thiophene rings is 1. The van der Waals surface area contributed by atoms with Gasteiger partial charge in [-0.3, -0.25) is 9.89 Å². The first-order valence-electron chi connectivity index (χ1n) is 10.9. The highest BCUT2D eigenvalue weighted by atomic mass is 32.1. The number of imidazole rings is 1. The van der Waals surface area contributed by atoms with E-state index < -0.39 is 0 Å². The molecule has 158 valence electrons. The molecule has 1 N–H and O–H groups in total. The largest absolute Gasteiger partial charge is 0.356 e. The van der Waals surface area contributed by atoms with Crippen LogP contribution in [0, 0.1) is 11.8 Å². The van der Waals surface area contributed by atoms with E-state index in [2.05, 4.69) is 60.3 Å². The Hall–Kier alpha value is -1.86. The van der Waals surface area contributed by atoms with Gasteiger partial charge in [0.15, 0.2) is 5.96 Å². The Morgan fingerprint density at radius 1 is 1.28 bits per heavy atom. The molecule has 2 aromatic rings. The first kappa shape index (κ1) is 20.4. The summed E-state index contributed by atoms with van der Waals surface area (Å²) in [5.74, 6) is 2.45. The van der Waals surface area contributed by atoms with Gasteiger partial charge in [0.2, 0.25) is 0 Å². The van der Waals surface area contributed by atoms with Gasteiger partial charge >= 0.3 is 0 Å². The number of hydrogen-bond acceptors (Lipinski definition) is 4. The second-order valence-corrected chi connectivity index (χ2v) is 9.55. The number of aliphatic imine (C=N–C) groups is 1. The zero-order chi connectivity index (χ0) is 20.1. The van der Waals surface area contributed by atoms with Gasteiger partial charge in [-0.2, -0.15) is 0 Å². The van der Waals surface area contributed by atoms with E-state index in [0.29, 0.717) is 12.0 Å². The predicted octanol–water partition coefficient (Wildman–Crippen LogP) is 3.32. The van der Waals surface area contributed by atoms with Gasteiger partial charge in [-0.15, -0.1) is 11.3 Å². The first-order chi connectivity index (χ1) is 14.2. The van der Waals surface area contributed by atoms with Crippen molar-refractivity contribution < 1.29 is 0 Å². The number of likely N-dealkylation sites (tertiary alicyclic amines) is 2. The van der Waals surface area contributed by atoms with Gasteiger partial charge in [0.05, 0.1) is 12.4 Å². The molecule has 7 heteroatoms. The topological polar surface area (TPSA) is 48.7 Å². The van der Waals surface area contributed by atoms with Crippen molar-refractivity contribution in [1.29, 1.82) is 0 Å². The average Bonchev–Trinajstić information content (AvgIpc) is 3.45. The lowest BCUT2D eigenvalue weighted by molar-refractivity contribution is 0.174. The number of nitrogens with zero attached hydrogens (tertiary/aromatic N) is 5. The zero-order valence-electron chi connectivity index (χ0n) is 17.7. The number of rotatable bonds is 5. The maximum atomic E-state index is 4.60. The Morgan fingerprint density at radius 3 is 2.83 bits per heavy atom. The molecule has 2 aromatic heterocycles. The molecule has 0 aliphatic carbocycles. The molecule has 0 spiro atoms. The fourth-order valence-corrected chi connectivity index (χ4v) is 5.38. The van der Waals surface area contributed by atoms with Crippen molar-refractivity contribution >= 4 is 17.3 Å². The standard InChI is InChI=1S/C22H34N6S/c1-18-5-11-27(16-21(18)28-12-8-24-17-28)22(23-2)25-14-19-6-9-26(10-7-19)15-20-4-3-13-29-20/h3-4,8,12-13,17-19,21H,5-7,9-11,14-16H2,1-2H3,(H,23,25). The van der Waals surface area contributed by atoms with Crippen LogP contribution >= 0.6 is 11.3 Å². The minimum Gasteiger partial charge on any atom is -0.356 e. The number of hydrogen-bond donors (Lipinski definition) is 1. The molecule has 2 atom stereocenters. The minimum atomic E-state index is 0.463. The van der Waals surface area contributed by atoms with Crippen LogP contribution in [0.1, 0.15) is 37.1 Å². The van der Waals surface area contributed by atoms with E-state index in [1.807, 2.05) is 30.9 Å². The highest BCUT2D eigenvalue weighted by molar-refractivity contribution is 7.09.